The van der Waals surface area contributed by atoms with Crippen molar-refractivity contribution in [3.63, 3.8) is 0 Å². The monoisotopic (exact) mass is 227 g/mol. The van der Waals surface area contributed by atoms with Crippen molar-refractivity contribution in [1.29, 1.82) is 0 Å². The molecule has 0 bridgehead atoms. The van der Waals surface area contributed by atoms with Crippen LogP contribution in [0.3, 0.4) is 0 Å². The Bertz CT molecular complexity index is 200. The van der Waals surface area contributed by atoms with Gasteiger partial charge < -0.3 is 4.90 Å². The molecule has 0 spiro atoms. The molecule has 0 radical (unpaired) electrons. The van der Waals surface area contributed by atoms with Crippen LogP contribution in [0, 0.1) is 5.92 Å². The minimum Gasteiger partial charge on any atom is -0.303 e. The van der Waals surface area contributed by atoms with Crippen LogP contribution in [0.4, 0.5) is 0 Å². The molecule has 3 N–H and O–H groups in total. The molecule has 0 aromatic rings. The number of carbonyl (C=O) groups excluding carboxylic acids is 1. The van der Waals surface area contributed by atoms with Crippen molar-refractivity contribution in [2.24, 2.45) is 11.8 Å². The van der Waals surface area contributed by atoms with Crippen molar-refractivity contribution < 1.29 is 4.79 Å². The van der Waals surface area contributed by atoms with Crippen LogP contribution in [0.25, 0.3) is 0 Å². The molecule has 1 saturated heterocycles. The third-order valence-corrected chi connectivity index (χ3v) is 3.44. The maximum atomic E-state index is 10.9. The number of amides is 1. The molecule has 16 heavy (non-hydrogen) atoms. The summed E-state index contributed by atoms with van der Waals surface area (Å²) in [5.41, 5.74) is 2.17. The van der Waals surface area contributed by atoms with E-state index >= 15 is 0 Å². The van der Waals surface area contributed by atoms with Crippen molar-refractivity contribution in [2.75, 3.05) is 19.6 Å². The van der Waals surface area contributed by atoms with Gasteiger partial charge in [-0.05, 0) is 44.8 Å². The zero-order valence-electron chi connectivity index (χ0n) is 10.4. The van der Waals surface area contributed by atoms with Crippen molar-refractivity contribution in [3.05, 3.63) is 0 Å². The Morgan fingerprint density at radius 1 is 1.44 bits per heavy atom. The first kappa shape index (κ1) is 13.5. The van der Waals surface area contributed by atoms with Crippen LogP contribution in [0.15, 0.2) is 0 Å². The number of rotatable bonds is 6. The summed E-state index contributed by atoms with van der Waals surface area (Å²) >= 11 is 0. The fraction of sp³-hybridized carbons (Fsp3) is 0.917. The lowest BCUT2D eigenvalue weighted by Crippen LogP contribution is -2.35. The lowest BCUT2D eigenvalue weighted by Gasteiger charge is -2.31. The van der Waals surface area contributed by atoms with Gasteiger partial charge in [-0.3, -0.25) is 10.2 Å². The molecule has 94 valence electrons. The summed E-state index contributed by atoms with van der Waals surface area (Å²) < 4.78 is 0. The fourth-order valence-electron chi connectivity index (χ4n) is 2.44. The third-order valence-electron chi connectivity index (χ3n) is 3.44. The van der Waals surface area contributed by atoms with Crippen LogP contribution >= 0.6 is 0 Å². The fourth-order valence-corrected chi connectivity index (χ4v) is 2.44. The Kier molecular flexibility index (Phi) is 6.42. The Labute approximate surface area is 98.5 Å². The predicted octanol–water partition coefficient (Wildman–Crippen LogP) is 1.27. The van der Waals surface area contributed by atoms with Gasteiger partial charge in [0.2, 0.25) is 5.91 Å². The van der Waals surface area contributed by atoms with Gasteiger partial charge in [-0.15, -0.1) is 0 Å². The molecular weight excluding hydrogens is 202 g/mol. The maximum absolute atomic E-state index is 10.9. The molecule has 4 nitrogen and oxygen atoms in total. The topological polar surface area (TPSA) is 58.4 Å². The van der Waals surface area contributed by atoms with Gasteiger partial charge in [0.25, 0.3) is 0 Å². The average Bonchev–Trinajstić information content (AvgIpc) is 2.31. The molecule has 1 amide bonds. The van der Waals surface area contributed by atoms with E-state index in [-0.39, 0.29) is 5.91 Å². The predicted molar refractivity (Wildman–Crippen MR) is 65.6 cm³/mol. The largest absolute Gasteiger partial charge is 0.303 e. The van der Waals surface area contributed by atoms with Crippen molar-refractivity contribution in [1.82, 2.24) is 10.3 Å². The molecule has 1 heterocycles. The van der Waals surface area contributed by atoms with Gasteiger partial charge in [-0.2, -0.15) is 0 Å². The SMILES string of the molecule is CCCC1CCN(CCCC(=O)NN)CC1. The molecule has 4 heteroatoms. The van der Waals surface area contributed by atoms with Gasteiger partial charge in [0.15, 0.2) is 0 Å². The van der Waals surface area contributed by atoms with E-state index in [9.17, 15) is 4.79 Å². The summed E-state index contributed by atoms with van der Waals surface area (Å²) in [6, 6.07) is 0. The zero-order chi connectivity index (χ0) is 11.8. The summed E-state index contributed by atoms with van der Waals surface area (Å²) in [6.45, 7) is 5.70. The molecule has 1 aliphatic rings. The van der Waals surface area contributed by atoms with E-state index in [4.69, 9.17) is 5.84 Å². The van der Waals surface area contributed by atoms with Gasteiger partial charge in [0, 0.05) is 6.42 Å². The average molecular weight is 227 g/mol. The van der Waals surface area contributed by atoms with Crippen LogP contribution in [0.5, 0.6) is 0 Å². The molecule has 1 rings (SSSR count). The first-order valence-corrected chi connectivity index (χ1v) is 6.48. The number of piperidine rings is 1. The second kappa shape index (κ2) is 7.63. The minimum absolute atomic E-state index is 0.0548. The first-order chi connectivity index (χ1) is 7.76. The number of nitrogens with two attached hydrogens (primary N) is 1. The Morgan fingerprint density at radius 3 is 2.69 bits per heavy atom. The van der Waals surface area contributed by atoms with Crippen LogP contribution in [0.1, 0.15) is 45.4 Å². The number of hydrogen-bond donors (Lipinski definition) is 2. The lowest BCUT2D eigenvalue weighted by molar-refractivity contribution is -0.121. The number of nitrogens with zero attached hydrogens (tertiary/aromatic N) is 1. The van der Waals surface area contributed by atoms with Crippen molar-refractivity contribution >= 4 is 5.91 Å². The summed E-state index contributed by atoms with van der Waals surface area (Å²) in [4.78, 5) is 13.4. The summed E-state index contributed by atoms with van der Waals surface area (Å²) in [5.74, 6) is 5.91. The van der Waals surface area contributed by atoms with E-state index in [1.54, 1.807) is 0 Å². The Hall–Kier alpha value is -0.610. The van der Waals surface area contributed by atoms with Gasteiger partial charge in [-0.1, -0.05) is 19.8 Å². The van der Waals surface area contributed by atoms with Gasteiger partial charge in [0.1, 0.15) is 0 Å². The molecule has 1 aliphatic heterocycles. The van der Waals surface area contributed by atoms with E-state index in [2.05, 4.69) is 17.2 Å². The van der Waals surface area contributed by atoms with E-state index < -0.39 is 0 Å². The number of hydrazine groups is 1. The molecule has 0 aromatic carbocycles. The number of hydrogen-bond acceptors (Lipinski definition) is 3. The van der Waals surface area contributed by atoms with Crippen molar-refractivity contribution in [2.45, 2.75) is 45.4 Å². The smallest absolute Gasteiger partial charge is 0.233 e. The lowest BCUT2D eigenvalue weighted by atomic mass is 9.92. The number of likely N-dealkylation sites (tertiary alicyclic amines) is 1. The summed E-state index contributed by atoms with van der Waals surface area (Å²) in [5, 5.41) is 0. The molecule has 0 unspecified atom stereocenters. The Morgan fingerprint density at radius 2 is 2.12 bits per heavy atom. The second-order valence-electron chi connectivity index (χ2n) is 4.74. The minimum atomic E-state index is -0.0548. The highest BCUT2D eigenvalue weighted by atomic mass is 16.2. The first-order valence-electron chi connectivity index (χ1n) is 6.48. The molecule has 0 aromatic heterocycles. The molecule has 0 atom stereocenters. The number of carbonyl (C=O) groups is 1. The van der Waals surface area contributed by atoms with E-state index in [1.807, 2.05) is 0 Å². The Balaban J connectivity index is 2.06. The van der Waals surface area contributed by atoms with E-state index in [0.717, 1.165) is 18.9 Å². The zero-order valence-corrected chi connectivity index (χ0v) is 10.4. The maximum Gasteiger partial charge on any atom is 0.233 e. The van der Waals surface area contributed by atoms with Crippen LogP contribution in [0.2, 0.25) is 0 Å². The second-order valence-corrected chi connectivity index (χ2v) is 4.74. The summed E-state index contributed by atoms with van der Waals surface area (Å²) in [7, 11) is 0. The highest BCUT2D eigenvalue weighted by Gasteiger charge is 2.17. The molecule has 0 aliphatic carbocycles. The highest BCUT2D eigenvalue weighted by Crippen LogP contribution is 2.21. The number of nitrogens with one attached hydrogen (secondary N) is 1. The van der Waals surface area contributed by atoms with Crippen LogP contribution in [-0.4, -0.2) is 30.4 Å². The van der Waals surface area contributed by atoms with Crippen molar-refractivity contribution in [3.8, 4) is 0 Å². The summed E-state index contributed by atoms with van der Waals surface area (Å²) in [6.07, 6.45) is 6.81. The van der Waals surface area contributed by atoms with Gasteiger partial charge in [0.05, 0.1) is 0 Å². The third kappa shape index (κ3) is 4.94. The molecule has 1 fully saturated rings. The molecule has 0 saturated carbocycles. The standard InChI is InChI=1S/C12H25N3O/c1-2-4-11-6-9-15(10-7-11)8-3-5-12(16)14-13/h11H,2-10,13H2,1H3,(H,14,16). The van der Waals surface area contributed by atoms with Crippen LogP contribution in [-0.2, 0) is 4.79 Å². The van der Waals surface area contributed by atoms with E-state index in [0.29, 0.717) is 6.42 Å². The van der Waals surface area contributed by atoms with Gasteiger partial charge in [-0.25, -0.2) is 5.84 Å². The normalized spacial score (nSPS) is 18.6. The molecular formula is C12H25N3O. The van der Waals surface area contributed by atoms with E-state index in [1.165, 1.54) is 38.8 Å². The van der Waals surface area contributed by atoms with Crippen LogP contribution < -0.4 is 11.3 Å². The van der Waals surface area contributed by atoms with Gasteiger partial charge >= 0.3 is 0 Å². The highest BCUT2D eigenvalue weighted by molar-refractivity contribution is 5.75. The quantitative estimate of drug-likeness (QED) is 0.408.